The topological polar surface area (TPSA) is 18.5 Å². The van der Waals surface area contributed by atoms with Crippen molar-refractivity contribution in [1.82, 2.24) is 15.1 Å². The van der Waals surface area contributed by atoms with Gasteiger partial charge in [0.2, 0.25) is 0 Å². The average molecular weight is 269 g/mol. The van der Waals surface area contributed by atoms with Crippen molar-refractivity contribution in [3.63, 3.8) is 0 Å². The molecule has 0 bridgehead atoms. The molecule has 114 valence electrons. The standard InChI is InChI=1S/C16H35N3/c1-6-19-10-7-8-15(9-11-19)17-13-16(18(4)5)12-14(2)3/h14-17H,6-13H2,1-5H3. The molecule has 0 amide bonds. The van der Waals surface area contributed by atoms with E-state index in [9.17, 15) is 0 Å². The summed E-state index contributed by atoms with van der Waals surface area (Å²) in [5, 5.41) is 3.82. The summed E-state index contributed by atoms with van der Waals surface area (Å²) in [7, 11) is 4.42. The Morgan fingerprint density at radius 2 is 1.95 bits per heavy atom. The van der Waals surface area contributed by atoms with Gasteiger partial charge in [-0.2, -0.15) is 0 Å². The molecule has 3 heteroatoms. The molecule has 0 radical (unpaired) electrons. The molecule has 3 nitrogen and oxygen atoms in total. The van der Waals surface area contributed by atoms with Crippen LogP contribution in [0.3, 0.4) is 0 Å². The molecule has 19 heavy (non-hydrogen) atoms. The minimum atomic E-state index is 0.672. The van der Waals surface area contributed by atoms with Crippen molar-refractivity contribution in [3.8, 4) is 0 Å². The van der Waals surface area contributed by atoms with Gasteiger partial charge < -0.3 is 15.1 Å². The maximum atomic E-state index is 3.82. The lowest BCUT2D eigenvalue weighted by molar-refractivity contribution is 0.236. The molecule has 2 atom stereocenters. The van der Waals surface area contributed by atoms with E-state index in [-0.39, 0.29) is 0 Å². The van der Waals surface area contributed by atoms with Crippen molar-refractivity contribution < 1.29 is 0 Å². The van der Waals surface area contributed by atoms with Crippen molar-refractivity contribution >= 4 is 0 Å². The lowest BCUT2D eigenvalue weighted by atomic mass is 10.0. The van der Waals surface area contributed by atoms with E-state index in [1.807, 2.05) is 0 Å². The summed E-state index contributed by atoms with van der Waals surface area (Å²) in [4.78, 5) is 4.96. The highest BCUT2D eigenvalue weighted by Crippen LogP contribution is 2.13. The Labute approximate surface area is 120 Å². The van der Waals surface area contributed by atoms with E-state index in [2.05, 4.69) is 50.0 Å². The number of nitrogens with zero attached hydrogens (tertiary/aromatic N) is 2. The van der Waals surface area contributed by atoms with Gasteiger partial charge in [-0.15, -0.1) is 0 Å². The average Bonchev–Trinajstić information content (AvgIpc) is 2.58. The van der Waals surface area contributed by atoms with Crippen LogP contribution in [0.1, 0.15) is 46.5 Å². The number of likely N-dealkylation sites (N-methyl/N-ethyl adjacent to an activating group) is 1. The van der Waals surface area contributed by atoms with E-state index in [1.54, 1.807) is 0 Å². The van der Waals surface area contributed by atoms with Gasteiger partial charge >= 0.3 is 0 Å². The van der Waals surface area contributed by atoms with Gasteiger partial charge in [0.1, 0.15) is 0 Å². The molecule has 0 saturated carbocycles. The summed E-state index contributed by atoms with van der Waals surface area (Å²) < 4.78 is 0. The van der Waals surface area contributed by atoms with Crippen LogP contribution in [0, 0.1) is 5.92 Å². The third kappa shape index (κ3) is 6.73. The smallest absolute Gasteiger partial charge is 0.0217 e. The van der Waals surface area contributed by atoms with Crippen molar-refractivity contribution in [1.29, 1.82) is 0 Å². The highest BCUT2D eigenvalue weighted by atomic mass is 15.1. The summed E-state index contributed by atoms with van der Waals surface area (Å²) in [6.45, 7) is 11.8. The lowest BCUT2D eigenvalue weighted by Gasteiger charge is -2.28. The summed E-state index contributed by atoms with van der Waals surface area (Å²) >= 11 is 0. The van der Waals surface area contributed by atoms with Crippen LogP contribution in [0.25, 0.3) is 0 Å². The van der Waals surface area contributed by atoms with E-state index in [4.69, 9.17) is 0 Å². The molecule has 1 aliphatic heterocycles. The van der Waals surface area contributed by atoms with E-state index < -0.39 is 0 Å². The highest BCUT2D eigenvalue weighted by molar-refractivity contribution is 4.78. The molecule has 1 fully saturated rings. The van der Waals surface area contributed by atoms with Crippen LogP contribution in [-0.4, -0.2) is 62.2 Å². The third-order valence-corrected chi connectivity index (χ3v) is 4.38. The van der Waals surface area contributed by atoms with E-state index >= 15 is 0 Å². The molecule has 2 unspecified atom stereocenters. The molecule has 0 aromatic carbocycles. The predicted octanol–water partition coefficient (Wildman–Crippen LogP) is 2.43. The molecule has 0 spiro atoms. The maximum Gasteiger partial charge on any atom is 0.0217 e. The minimum Gasteiger partial charge on any atom is -0.312 e. The first-order valence-corrected chi connectivity index (χ1v) is 8.15. The molecule has 1 heterocycles. The third-order valence-electron chi connectivity index (χ3n) is 4.38. The second kappa shape index (κ2) is 8.93. The Hall–Kier alpha value is -0.120. The lowest BCUT2D eigenvalue weighted by Crippen LogP contribution is -2.43. The van der Waals surface area contributed by atoms with Crippen molar-refractivity contribution in [3.05, 3.63) is 0 Å². The van der Waals surface area contributed by atoms with Crippen molar-refractivity contribution in [2.75, 3.05) is 40.3 Å². The van der Waals surface area contributed by atoms with Gasteiger partial charge in [-0.1, -0.05) is 20.8 Å². The van der Waals surface area contributed by atoms with Crippen LogP contribution in [-0.2, 0) is 0 Å². The first-order valence-electron chi connectivity index (χ1n) is 8.15. The van der Waals surface area contributed by atoms with Gasteiger partial charge in [0.25, 0.3) is 0 Å². The second-order valence-electron chi connectivity index (χ2n) is 6.72. The van der Waals surface area contributed by atoms with Crippen LogP contribution in [0.4, 0.5) is 0 Å². The van der Waals surface area contributed by atoms with Gasteiger partial charge in [-0.05, 0) is 65.3 Å². The first-order chi connectivity index (χ1) is 9.02. The van der Waals surface area contributed by atoms with Gasteiger partial charge in [0, 0.05) is 18.6 Å². The Bertz CT molecular complexity index is 228. The molecular weight excluding hydrogens is 234 g/mol. The van der Waals surface area contributed by atoms with Crippen LogP contribution < -0.4 is 5.32 Å². The van der Waals surface area contributed by atoms with E-state index in [0.717, 1.165) is 18.5 Å². The Balaban J connectivity index is 2.33. The fourth-order valence-electron chi connectivity index (χ4n) is 3.00. The molecule has 1 saturated heterocycles. The Morgan fingerprint density at radius 1 is 1.21 bits per heavy atom. The summed E-state index contributed by atoms with van der Waals surface area (Å²) in [5.41, 5.74) is 0. The zero-order chi connectivity index (χ0) is 14.3. The second-order valence-corrected chi connectivity index (χ2v) is 6.72. The quantitative estimate of drug-likeness (QED) is 0.766. The number of nitrogens with one attached hydrogen (secondary N) is 1. The number of likely N-dealkylation sites (tertiary alicyclic amines) is 1. The first kappa shape index (κ1) is 16.9. The summed E-state index contributed by atoms with van der Waals surface area (Å²) in [6.07, 6.45) is 5.30. The van der Waals surface area contributed by atoms with E-state index in [0.29, 0.717) is 6.04 Å². The van der Waals surface area contributed by atoms with E-state index in [1.165, 1.54) is 45.3 Å². The van der Waals surface area contributed by atoms with Gasteiger partial charge in [0.15, 0.2) is 0 Å². The van der Waals surface area contributed by atoms with Crippen LogP contribution in [0.5, 0.6) is 0 Å². The zero-order valence-electron chi connectivity index (χ0n) is 13.8. The number of hydrogen-bond donors (Lipinski definition) is 1. The molecule has 1 N–H and O–H groups in total. The number of rotatable bonds is 7. The highest BCUT2D eigenvalue weighted by Gasteiger charge is 2.18. The largest absolute Gasteiger partial charge is 0.312 e. The van der Waals surface area contributed by atoms with Crippen molar-refractivity contribution in [2.45, 2.75) is 58.5 Å². The Morgan fingerprint density at radius 3 is 2.53 bits per heavy atom. The monoisotopic (exact) mass is 269 g/mol. The van der Waals surface area contributed by atoms with Crippen LogP contribution in [0.15, 0.2) is 0 Å². The molecule has 1 aliphatic rings. The number of hydrogen-bond acceptors (Lipinski definition) is 3. The van der Waals surface area contributed by atoms with Crippen molar-refractivity contribution in [2.24, 2.45) is 5.92 Å². The molecule has 0 aliphatic carbocycles. The SMILES string of the molecule is CCN1CCCC(NCC(CC(C)C)N(C)C)CC1. The van der Waals surface area contributed by atoms with Gasteiger partial charge in [0.05, 0.1) is 0 Å². The predicted molar refractivity (Wildman–Crippen MR) is 84.7 cm³/mol. The molecule has 1 rings (SSSR count). The van der Waals surface area contributed by atoms with Crippen LogP contribution >= 0.6 is 0 Å². The summed E-state index contributed by atoms with van der Waals surface area (Å²) in [6, 6.07) is 1.40. The molecule has 0 aromatic rings. The maximum absolute atomic E-state index is 3.82. The van der Waals surface area contributed by atoms with Gasteiger partial charge in [-0.3, -0.25) is 0 Å². The zero-order valence-corrected chi connectivity index (χ0v) is 13.8. The molecule has 0 aromatic heterocycles. The summed E-state index contributed by atoms with van der Waals surface area (Å²) in [5.74, 6) is 0.777. The fourth-order valence-corrected chi connectivity index (χ4v) is 3.00. The normalized spacial score (nSPS) is 23.8. The Kier molecular flexibility index (Phi) is 7.96. The minimum absolute atomic E-state index is 0.672. The fraction of sp³-hybridized carbons (Fsp3) is 1.00. The van der Waals surface area contributed by atoms with Crippen LogP contribution in [0.2, 0.25) is 0 Å². The van der Waals surface area contributed by atoms with Gasteiger partial charge in [-0.25, -0.2) is 0 Å². The molecular formula is C16H35N3.